The minimum absolute atomic E-state index is 0.0116. The molecular formula is C23H25N5O2. The van der Waals surface area contributed by atoms with E-state index in [0.717, 1.165) is 42.8 Å². The van der Waals surface area contributed by atoms with Crippen molar-refractivity contribution in [1.29, 1.82) is 0 Å². The first kappa shape index (κ1) is 18.7. The Hall–Kier alpha value is -3.35. The van der Waals surface area contributed by atoms with Gasteiger partial charge in [-0.2, -0.15) is 5.10 Å². The smallest absolute Gasteiger partial charge is 0.256 e. The molecule has 1 aromatic carbocycles. The number of H-pyrrole nitrogens is 1. The highest BCUT2D eigenvalue weighted by Crippen LogP contribution is 2.33. The molecule has 2 aromatic heterocycles. The van der Waals surface area contributed by atoms with Crippen LogP contribution in [0.5, 0.6) is 0 Å². The minimum atomic E-state index is -0.182. The van der Waals surface area contributed by atoms with Crippen molar-refractivity contribution in [2.24, 2.45) is 0 Å². The van der Waals surface area contributed by atoms with Gasteiger partial charge in [0.05, 0.1) is 17.0 Å². The Morgan fingerprint density at radius 3 is 2.63 bits per heavy atom. The van der Waals surface area contributed by atoms with Gasteiger partial charge in [-0.1, -0.05) is 37.5 Å². The Labute approximate surface area is 174 Å². The fourth-order valence-electron chi connectivity index (χ4n) is 4.47. The first-order valence-corrected chi connectivity index (χ1v) is 10.6. The Kier molecular flexibility index (Phi) is 4.86. The number of aryl methyl sites for hydroxylation is 1. The fraction of sp³-hybridized carbons (Fsp3) is 0.348. The van der Waals surface area contributed by atoms with Gasteiger partial charge < -0.3 is 15.2 Å². The molecule has 3 heterocycles. The second-order valence-electron chi connectivity index (χ2n) is 8.11. The van der Waals surface area contributed by atoms with Gasteiger partial charge in [0.25, 0.3) is 11.8 Å². The van der Waals surface area contributed by atoms with Crippen LogP contribution < -0.4 is 10.6 Å². The lowest BCUT2D eigenvalue weighted by Gasteiger charge is -2.22. The average molecular weight is 403 g/mol. The number of hydrogen-bond acceptors (Lipinski definition) is 3. The lowest BCUT2D eigenvalue weighted by atomic mass is 9.95. The molecule has 30 heavy (non-hydrogen) atoms. The fourth-order valence-corrected chi connectivity index (χ4v) is 4.47. The summed E-state index contributed by atoms with van der Waals surface area (Å²) in [7, 11) is 0. The third kappa shape index (κ3) is 3.51. The normalized spacial score (nSPS) is 15.9. The zero-order valence-electron chi connectivity index (χ0n) is 16.8. The minimum Gasteiger partial charge on any atom is -0.349 e. The molecule has 1 aliphatic heterocycles. The average Bonchev–Trinajstić information content (AvgIpc) is 3.39. The number of amides is 2. The van der Waals surface area contributed by atoms with Crippen LogP contribution in [0.15, 0.2) is 42.6 Å². The molecule has 1 fully saturated rings. The van der Waals surface area contributed by atoms with Crippen molar-refractivity contribution in [3.8, 4) is 11.4 Å². The molecule has 1 aliphatic carbocycles. The number of benzene rings is 1. The summed E-state index contributed by atoms with van der Waals surface area (Å²) in [6.07, 6.45) is 8.42. The SMILES string of the molecule is O=C(Nc1n[nH]c2c1CCn1cc(C(=O)NC3CCCCC3)cc1-2)c1ccccc1. The number of nitrogens with zero attached hydrogens (tertiary/aromatic N) is 2. The molecule has 0 unspecified atom stereocenters. The zero-order valence-corrected chi connectivity index (χ0v) is 16.8. The van der Waals surface area contributed by atoms with Crippen LogP contribution in [0.2, 0.25) is 0 Å². The molecule has 3 aromatic rings. The Morgan fingerprint density at radius 2 is 1.83 bits per heavy atom. The van der Waals surface area contributed by atoms with Gasteiger partial charge in [0.1, 0.15) is 0 Å². The van der Waals surface area contributed by atoms with E-state index in [0.29, 0.717) is 16.9 Å². The van der Waals surface area contributed by atoms with Crippen molar-refractivity contribution in [3.05, 3.63) is 59.3 Å². The lowest BCUT2D eigenvalue weighted by molar-refractivity contribution is 0.0927. The molecule has 2 amide bonds. The molecule has 154 valence electrons. The highest BCUT2D eigenvalue weighted by Gasteiger charge is 2.26. The van der Waals surface area contributed by atoms with Gasteiger partial charge in [0.2, 0.25) is 0 Å². The topological polar surface area (TPSA) is 91.8 Å². The highest BCUT2D eigenvalue weighted by molar-refractivity contribution is 6.04. The second kappa shape index (κ2) is 7.82. The van der Waals surface area contributed by atoms with Gasteiger partial charge in [-0.05, 0) is 37.5 Å². The number of fused-ring (bicyclic) bond motifs is 3. The van der Waals surface area contributed by atoms with Crippen LogP contribution >= 0.6 is 0 Å². The molecule has 0 radical (unpaired) electrons. The van der Waals surface area contributed by atoms with E-state index in [2.05, 4.69) is 25.4 Å². The Morgan fingerprint density at radius 1 is 1.03 bits per heavy atom. The second-order valence-corrected chi connectivity index (χ2v) is 8.11. The molecule has 2 aliphatic rings. The monoisotopic (exact) mass is 403 g/mol. The number of carbonyl (C=O) groups excluding carboxylic acids is 2. The quantitative estimate of drug-likeness (QED) is 0.619. The van der Waals surface area contributed by atoms with Crippen LogP contribution in [-0.4, -0.2) is 32.6 Å². The number of aromatic amines is 1. The van der Waals surface area contributed by atoms with E-state index < -0.39 is 0 Å². The van der Waals surface area contributed by atoms with Crippen LogP contribution in [0, 0.1) is 0 Å². The summed E-state index contributed by atoms with van der Waals surface area (Å²) in [5.74, 6) is 0.361. The molecule has 0 bridgehead atoms. The maximum Gasteiger partial charge on any atom is 0.256 e. The number of hydrogen-bond donors (Lipinski definition) is 3. The summed E-state index contributed by atoms with van der Waals surface area (Å²) in [6, 6.07) is 11.3. The molecule has 7 nitrogen and oxygen atoms in total. The number of rotatable bonds is 4. The zero-order chi connectivity index (χ0) is 20.5. The van der Waals surface area contributed by atoms with Gasteiger partial charge in [-0.15, -0.1) is 0 Å². The van der Waals surface area contributed by atoms with Crippen molar-refractivity contribution in [1.82, 2.24) is 20.1 Å². The van der Waals surface area contributed by atoms with Crippen molar-refractivity contribution in [2.45, 2.75) is 51.1 Å². The van der Waals surface area contributed by atoms with Crippen LogP contribution in [0.4, 0.5) is 5.82 Å². The van der Waals surface area contributed by atoms with Gasteiger partial charge in [0, 0.05) is 29.9 Å². The van der Waals surface area contributed by atoms with E-state index in [-0.39, 0.29) is 17.9 Å². The van der Waals surface area contributed by atoms with E-state index >= 15 is 0 Å². The van der Waals surface area contributed by atoms with Gasteiger partial charge >= 0.3 is 0 Å². The van der Waals surface area contributed by atoms with E-state index in [1.165, 1.54) is 19.3 Å². The van der Waals surface area contributed by atoms with Gasteiger partial charge in [0.15, 0.2) is 5.82 Å². The molecule has 0 atom stereocenters. The van der Waals surface area contributed by atoms with Crippen LogP contribution in [0.3, 0.4) is 0 Å². The number of anilines is 1. The molecule has 3 N–H and O–H groups in total. The predicted octanol–water partition coefficient (Wildman–Crippen LogP) is 3.75. The van der Waals surface area contributed by atoms with E-state index in [1.807, 2.05) is 30.5 Å². The number of carbonyl (C=O) groups is 2. The van der Waals surface area contributed by atoms with Gasteiger partial charge in [-0.3, -0.25) is 14.7 Å². The molecular weight excluding hydrogens is 378 g/mol. The lowest BCUT2D eigenvalue weighted by Crippen LogP contribution is -2.35. The summed E-state index contributed by atoms with van der Waals surface area (Å²) < 4.78 is 2.08. The maximum atomic E-state index is 12.7. The van der Waals surface area contributed by atoms with E-state index in [1.54, 1.807) is 12.1 Å². The van der Waals surface area contributed by atoms with Crippen molar-refractivity contribution in [3.63, 3.8) is 0 Å². The Balaban J connectivity index is 1.35. The Bertz CT molecular complexity index is 1080. The molecule has 0 saturated heterocycles. The molecule has 7 heteroatoms. The highest BCUT2D eigenvalue weighted by atomic mass is 16.2. The summed E-state index contributed by atoms with van der Waals surface area (Å²) >= 11 is 0. The first-order chi connectivity index (χ1) is 14.7. The predicted molar refractivity (Wildman–Crippen MR) is 114 cm³/mol. The first-order valence-electron chi connectivity index (χ1n) is 10.6. The molecule has 1 saturated carbocycles. The standard InChI is InChI=1S/C23H25N5O2/c29-22(15-7-3-1-4-8-15)25-21-18-11-12-28-14-16(13-19(28)20(18)26-27-21)23(30)24-17-9-5-2-6-10-17/h1,3-4,7-8,13-14,17H,2,5-6,9-12H2,(H,24,30)(H2,25,26,27,29). The summed E-state index contributed by atoms with van der Waals surface area (Å²) in [5.41, 5.74) is 4.03. The molecule has 5 rings (SSSR count). The summed E-state index contributed by atoms with van der Waals surface area (Å²) in [5, 5.41) is 13.5. The summed E-state index contributed by atoms with van der Waals surface area (Å²) in [6.45, 7) is 0.743. The van der Waals surface area contributed by atoms with E-state index in [4.69, 9.17) is 0 Å². The largest absolute Gasteiger partial charge is 0.349 e. The summed E-state index contributed by atoms with van der Waals surface area (Å²) in [4.78, 5) is 25.2. The third-order valence-corrected chi connectivity index (χ3v) is 6.09. The maximum absolute atomic E-state index is 12.7. The number of aromatic nitrogens is 3. The van der Waals surface area contributed by atoms with Gasteiger partial charge in [-0.25, -0.2) is 0 Å². The number of nitrogens with one attached hydrogen (secondary N) is 3. The van der Waals surface area contributed by atoms with Crippen LogP contribution in [0.25, 0.3) is 11.4 Å². The van der Waals surface area contributed by atoms with Crippen molar-refractivity contribution in [2.75, 3.05) is 5.32 Å². The van der Waals surface area contributed by atoms with E-state index in [9.17, 15) is 9.59 Å². The molecule has 0 spiro atoms. The van der Waals surface area contributed by atoms with Crippen LogP contribution in [-0.2, 0) is 13.0 Å². The van der Waals surface area contributed by atoms with Crippen molar-refractivity contribution >= 4 is 17.6 Å². The third-order valence-electron chi connectivity index (χ3n) is 6.09. The van der Waals surface area contributed by atoms with Crippen molar-refractivity contribution < 1.29 is 9.59 Å². The van der Waals surface area contributed by atoms with Crippen LogP contribution in [0.1, 0.15) is 58.4 Å².